The second kappa shape index (κ2) is 12.9. The highest BCUT2D eigenvalue weighted by Gasteiger charge is 2.34. The molecule has 0 spiro atoms. The lowest BCUT2D eigenvalue weighted by atomic mass is 9.77. The predicted molar refractivity (Wildman–Crippen MR) is 168 cm³/mol. The number of halogens is 4. The number of nitrogens with zero attached hydrogens (tertiary/aromatic N) is 5. The summed E-state index contributed by atoms with van der Waals surface area (Å²) in [6.45, 7) is 1.70. The molecule has 2 aromatic heterocycles. The van der Waals surface area contributed by atoms with Crippen molar-refractivity contribution in [3.05, 3.63) is 94.9 Å². The van der Waals surface area contributed by atoms with E-state index in [4.69, 9.17) is 0 Å². The molecule has 0 aliphatic heterocycles. The Morgan fingerprint density at radius 2 is 1.68 bits per heavy atom. The number of nitrogens with one attached hydrogen (secondary N) is 2. The molecule has 3 aromatic carbocycles. The Morgan fingerprint density at radius 1 is 0.957 bits per heavy atom. The lowest BCUT2D eigenvalue weighted by molar-refractivity contribution is -0.137. The van der Waals surface area contributed by atoms with Gasteiger partial charge in [-0.1, -0.05) is 41.5 Å². The molecule has 5 aromatic rings. The van der Waals surface area contributed by atoms with E-state index in [0.717, 1.165) is 48.9 Å². The number of pyridine rings is 1. The molecule has 47 heavy (non-hydrogen) atoms. The van der Waals surface area contributed by atoms with Crippen molar-refractivity contribution < 1.29 is 27.2 Å². The van der Waals surface area contributed by atoms with E-state index in [1.54, 1.807) is 20.0 Å². The fourth-order valence-electron chi connectivity index (χ4n) is 6.22. The van der Waals surface area contributed by atoms with E-state index < -0.39 is 29.2 Å². The molecule has 13 heteroatoms. The van der Waals surface area contributed by atoms with E-state index in [0.29, 0.717) is 46.9 Å². The summed E-state index contributed by atoms with van der Waals surface area (Å²) in [5.74, 6) is -0.798. The first kappa shape index (κ1) is 31.8. The molecular weight excluding hydrogens is 614 g/mol. The zero-order chi connectivity index (χ0) is 33.3. The molecule has 242 valence electrons. The number of anilines is 2. The molecule has 1 saturated carbocycles. The molecule has 2 amide bonds. The summed E-state index contributed by atoms with van der Waals surface area (Å²) < 4.78 is 54.1. The molecule has 2 N–H and O–H groups in total. The summed E-state index contributed by atoms with van der Waals surface area (Å²) in [5, 5.41) is 16.2. The van der Waals surface area contributed by atoms with Crippen molar-refractivity contribution in [2.45, 2.75) is 51.1 Å². The maximum Gasteiger partial charge on any atom is 0.418 e. The molecule has 2 heterocycles. The molecule has 9 nitrogen and oxygen atoms in total. The normalized spacial score (nSPS) is 16.6. The van der Waals surface area contributed by atoms with Crippen molar-refractivity contribution in [1.82, 2.24) is 25.6 Å². The van der Waals surface area contributed by atoms with Gasteiger partial charge in [-0.05, 0) is 102 Å². The highest BCUT2D eigenvalue weighted by atomic mass is 19.4. The van der Waals surface area contributed by atoms with Gasteiger partial charge < -0.3 is 5.32 Å². The zero-order valence-corrected chi connectivity index (χ0v) is 25.6. The van der Waals surface area contributed by atoms with Crippen LogP contribution >= 0.6 is 0 Å². The second-order valence-corrected chi connectivity index (χ2v) is 11.9. The minimum absolute atomic E-state index is 0.0207. The van der Waals surface area contributed by atoms with Gasteiger partial charge in [0.25, 0.3) is 5.91 Å². The number of hydrogen-bond acceptors (Lipinski definition) is 6. The van der Waals surface area contributed by atoms with Crippen molar-refractivity contribution in [1.29, 1.82) is 0 Å². The van der Waals surface area contributed by atoms with Crippen LogP contribution in [0, 0.1) is 18.7 Å². The highest BCUT2D eigenvalue weighted by molar-refractivity contribution is 6.13. The first-order valence-electron chi connectivity index (χ1n) is 15.2. The molecule has 0 unspecified atom stereocenters. The van der Waals surface area contributed by atoms with Crippen LogP contribution in [0.4, 0.5) is 29.2 Å². The number of tetrazole rings is 1. The molecule has 0 saturated heterocycles. The van der Waals surface area contributed by atoms with E-state index in [1.807, 2.05) is 24.3 Å². The standard InChI is InChI=1S/C34H31F4N7O2/c1-19-15-27(32(47)40-29-14-12-25(35)18-28(29)34(36,37)38)26-13-11-24(17-30(26)39-19)23-9-7-22(8-10-23)21-5-3-20(4-6-21)16-31(46)45(2)33-41-43-44-42-33/h7-15,17-18,20-21H,3-6,16H2,1-2H3,(H,40,47)(H,41,42,43,44)/t20-,21-. The minimum Gasteiger partial charge on any atom is -0.321 e. The van der Waals surface area contributed by atoms with Gasteiger partial charge in [0.05, 0.1) is 22.3 Å². The van der Waals surface area contributed by atoms with Crippen molar-refractivity contribution in [2.24, 2.45) is 5.92 Å². The van der Waals surface area contributed by atoms with Crippen molar-refractivity contribution in [2.75, 3.05) is 17.3 Å². The molecular formula is C34H31F4N7O2. The van der Waals surface area contributed by atoms with Crippen LogP contribution in [0.15, 0.2) is 66.7 Å². The Labute approximate surface area is 267 Å². The monoisotopic (exact) mass is 645 g/mol. The number of rotatable bonds is 7. The number of alkyl halides is 3. The van der Waals surface area contributed by atoms with Crippen molar-refractivity contribution in [3.63, 3.8) is 0 Å². The third-order valence-electron chi connectivity index (χ3n) is 8.77. The number of H-pyrrole nitrogens is 1. The summed E-state index contributed by atoms with van der Waals surface area (Å²) >= 11 is 0. The van der Waals surface area contributed by atoms with E-state index in [9.17, 15) is 27.2 Å². The number of amides is 2. The Bertz CT molecular complexity index is 1920. The summed E-state index contributed by atoms with van der Waals surface area (Å²) in [6.07, 6.45) is -0.535. The fraction of sp³-hybridized carbons (Fsp3) is 0.294. The second-order valence-electron chi connectivity index (χ2n) is 11.9. The summed E-state index contributed by atoms with van der Waals surface area (Å²) in [7, 11) is 1.66. The van der Waals surface area contributed by atoms with Gasteiger partial charge in [0.15, 0.2) is 0 Å². The van der Waals surface area contributed by atoms with E-state index in [1.165, 1.54) is 16.5 Å². The van der Waals surface area contributed by atoms with Crippen LogP contribution in [-0.4, -0.2) is 44.5 Å². The Hall–Kier alpha value is -5.20. The fourth-order valence-corrected chi connectivity index (χ4v) is 6.22. The number of carbonyl (C=O) groups is 2. The summed E-state index contributed by atoms with van der Waals surface area (Å²) in [5.41, 5.74) is 2.46. The van der Waals surface area contributed by atoms with Crippen LogP contribution in [0.25, 0.3) is 22.0 Å². The van der Waals surface area contributed by atoms with Gasteiger partial charge in [-0.25, -0.2) is 9.49 Å². The van der Waals surface area contributed by atoms with Crippen LogP contribution < -0.4 is 10.2 Å². The molecule has 1 aliphatic rings. The van der Waals surface area contributed by atoms with Gasteiger partial charge in [-0.2, -0.15) is 13.2 Å². The lowest BCUT2D eigenvalue weighted by Gasteiger charge is -2.29. The number of aryl methyl sites for hydroxylation is 1. The first-order valence-corrected chi connectivity index (χ1v) is 15.2. The SMILES string of the molecule is Cc1cc(C(=O)Nc2ccc(F)cc2C(F)(F)F)c2ccc(-c3ccc([C@H]4CC[C@H](CC(=O)N(C)c5nnn[nH]5)CC4)cc3)cc2n1. The number of carbonyl (C=O) groups excluding carboxylic acids is 2. The van der Waals surface area contributed by atoms with Gasteiger partial charge in [-0.15, -0.1) is 0 Å². The molecule has 0 radical (unpaired) electrons. The predicted octanol–water partition coefficient (Wildman–Crippen LogP) is 7.46. The molecule has 1 aliphatic carbocycles. The summed E-state index contributed by atoms with van der Waals surface area (Å²) in [4.78, 5) is 31.9. The Morgan fingerprint density at radius 3 is 2.36 bits per heavy atom. The maximum absolute atomic E-state index is 13.6. The van der Waals surface area contributed by atoms with Crippen LogP contribution in [0.5, 0.6) is 0 Å². The first-order chi connectivity index (χ1) is 22.5. The van der Waals surface area contributed by atoms with Crippen molar-refractivity contribution >= 4 is 34.4 Å². The van der Waals surface area contributed by atoms with Gasteiger partial charge >= 0.3 is 6.18 Å². The van der Waals surface area contributed by atoms with Crippen molar-refractivity contribution in [3.8, 4) is 11.1 Å². The number of aromatic nitrogens is 5. The molecule has 6 rings (SSSR count). The number of hydrogen-bond donors (Lipinski definition) is 2. The van der Waals surface area contributed by atoms with Crippen LogP contribution in [-0.2, 0) is 11.0 Å². The maximum atomic E-state index is 13.6. The van der Waals surface area contributed by atoms with Crippen LogP contribution in [0.2, 0.25) is 0 Å². The number of benzene rings is 3. The summed E-state index contributed by atoms with van der Waals surface area (Å²) in [6, 6.07) is 17.4. The van der Waals surface area contributed by atoms with E-state index in [-0.39, 0.29) is 11.5 Å². The van der Waals surface area contributed by atoms with Crippen LogP contribution in [0.3, 0.4) is 0 Å². The van der Waals surface area contributed by atoms with Gasteiger partial charge in [-0.3, -0.25) is 19.5 Å². The Balaban J connectivity index is 1.14. The minimum atomic E-state index is -4.85. The number of fused-ring (bicyclic) bond motifs is 1. The zero-order valence-electron chi connectivity index (χ0n) is 25.6. The third-order valence-corrected chi connectivity index (χ3v) is 8.77. The molecule has 0 bridgehead atoms. The topological polar surface area (TPSA) is 117 Å². The van der Waals surface area contributed by atoms with E-state index >= 15 is 0 Å². The average molecular weight is 646 g/mol. The number of aromatic amines is 1. The molecule has 0 atom stereocenters. The van der Waals surface area contributed by atoms with E-state index in [2.05, 4.69) is 43.1 Å². The van der Waals surface area contributed by atoms with Gasteiger partial charge in [0.1, 0.15) is 5.82 Å². The smallest absolute Gasteiger partial charge is 0.321 e. The van der Waals surface area contributed by atoms with Gasteiger partial charge in [0, 0.05) is 24.5 Å². The highest BCUT2D eigenvalue weighted by Crippen LogP contribution is 2.39. The largest absolute Gasteiger partial charge is 0.418 e. The van der Waals surface area contributed by atoms with Gasteiger partial charge in [0.2, 0.25) is 11.9 Å². The third kappa shape index (κ3) is 6.98. The quantitative estimate of drug-likeness (QED) is 0.178. The molecule has 1 fully saturated rings. The van der Waals surface area contributed by atoms with Crippen LogP contribution in [0.1, 0.15) is 65.2 Å². The Kier molecular flexibility index (Phi) is 8.71. The average Bonchev–Trinajstić information content (AvgIpc) is 3.60. The lowest BCUT2D eigenvalue weighted by Crippen LogP contribution is -2.30.